The number of carbonyl (C=O) groups is 1. The highest BCUT2D eigenvalue weighted by molar-refractivity contribution is 7.15. The Kier molecular flexibility index (Phi) is 3.53. The molecule has 3 aromatic rings. The van der Waals surface area contributed by atoms with Crippen molar-refractivity contribution in [3.63, 3.8) is 0 Å². The summed E-state index contributed by atoms with van der Waals surface area (Å²) in [6, 6.07) is 7.64. The quantitative estimate of drug-likeness (QED) is 0.763. The van der Waals surface area contributed by atoms with E-state index in [1.807, 2.05) is 38.1 Å². The van der Waals surface area contributed by atoms with Gasteiger partial charge in [0.05, 0.1) is 0 Å². The third-order valence-electron chi connectivity index (χ3n) is 3.76. The second-order valence-electron chi connectivity index (χ2n) is 5.76. The minimum atomic E-state index is -0.293. The van der Waals surface area contributed by atoms with Crippen LogP contribution in [-0.4, -0.2) is 26.3 Å². The van der Waals surface area contributed by atoms with Gasteiger partial charge in [0.15, 0.2) is 0 Å². The first-order valence-electron chi connectivity index (χ1n) is 7.57. The van der Waals surface area contributed by atoms with Gasteiger partial charge in [-0.05, 0) is 12.1 Å². The number of para-hydroxylation sites is 1. The van der Waals surface area contributed by atoms with E-state index in [9.17, 15) is 4.79 Å². The van der Waals surface area contributed by atoms with Crippen molar-refractivity contribution in [1.29, 1.82) is 0 Å². The molecular formula is C16H15N5O2S. The predicted molar refractivity (Wildman–Crippen MR) is 90.3 cm³/mol. The molecule has 0 spiro atoms. The molecule has 0 saturated carbocycles. The summed E-state index contributed by atoms with van der Waals surface area (Å²) in [6.45, 7) is 4.37. The van der Waals surface area contributed by atoms with Crippen molar-refractivity contribution in [2.24, 2.45) is 0 Å². The van der Waals surface area contributed by atoms with Gasteiger partial charge in [-0.25, -0.2) is 0 Å². The normalized spacial score (nSPS) is 12.5. The van der Waals surface area contributed by atoms with Crippen molar-refractivity contribution in [3.8, 4) is 17.0 Å². The molecule has 1 aliphatic rings. The Morgan fingerprint density at radius 1 is 1.33 bits per heavy atom. The second-order valence-corrected chi connectivity index (χ2v) is 6.77. The number of aromatic amines is 1. The molecule has 0 saturated heterocycles. The molecule has 3 heterocycles. The van der Waals surface area contributed by atoms with E-state index in [0.29, 0.717) is 17.4 Å². The van der Waals surface area contributed by atoms with Gasteiger partial charge in [-0.3, -0.25) is 15.2 Å². The Hall–Kier alpha value is -2.74. The Labute approximate surface area is 142 Å². The molecule has 0 unspecified atom stereocenters. The van der Waals surface area contributed by atoms with Crippen LogP contribution in [0.2, 0.25) is 0 Å². The van der Waals surface area contributed by atoms with E-state index in [4.69, 9.17) is 4.74 Å². The van der Waals surface area contributed by atoms with Gasteiger partial charge in [0, 0.05) is 17.0 Å². The lowest BCUT2D eigenvalue weighted by Crippen LogP contribution is -2.16. The molecule has 0 atom stereocenters. The third-order valence-corrected chi connectivity index (χ3v) is 4.90. The van der Waals surface area contributed by atoms with E-state index in [1.54, 1.807) is 0 Å². The first kappa shape index (κ1) is 14.8. The van der Waals surface area contributed by atoms with Crippen molar-refractivity contribution >= 4 is 22.4 Å². The van der Waals surface area contributed by atoms with E-state index in [2.05, 4.69) is 25.7 Å². The van der Waals surface area contributed by atoms with Gasteiger partial charge in [0.1, 0.15) is 28.8 Å². The number of ether oxygens (including phenoxy) is 1. The Balaban J connectivity index is 1.62. The largest absolute Gasteiger partial charge is 0.488 e. The minimum absolute atomic E-state index is 0.276. The van der Waals surface area contributed by atoms with Crippen LogP contribution < -0.4 is 10.1 Å². The number of carbonyl (C=O) groups excluding carboxylic acids is 1. The molecule has 24 heavy (non-hydrogen) atoms. The number of hydrogen-bond donors (Lipinski definition) is 2. The molecule has 122 valence electrons. The summed E-state index contributed by atoms with van der Waals surface area (Å²) in [6.07, 6.45) is 0. The second kappa shape index (κ2) is 5.72. The molecule has 4 rings (SSSR count). The highest BCUT2D eigenvalue weighted by Gasteiger charge is 2.26. The maximum Gasteiger partial charge on any atom is 0.275 e. The van der Waals surface area contributed by atoms with E-state index in [-0.39, 0.29) is 11.8 Å². The topological polar surface area (TPSA) is 92.8 Å². The monoisotopic (exact) mass is 341 g/mol. The highest BCUT2D eigenvalue weighted by Crippen LogP contribution is 2.37. The lowest BCUT2D eigenvalue weighted by molar-refractivity contribution is 0.101. The van der Waals surface area contributed by atoms with Crippen molar-refractivity contribution in [1.82, 2.24) is 20.4 Å². The van der Waals surface area contributed by atoms with Crippen LogP contribution >= 0.6 is 11.3 Å². The van der Waals surface area contributed by atoms with Gasteiger partial charge in [-0.1, -0.05) is 37.3 Å². The number of benzene rings is 1. The zero-order valence-corrected chi connectivity index (χ0v) is 14.0. The van der Waals surface area contributed by atoms with E-state index < -0.39 is 0 Å². The lowest BCUT2D eigenvalue weighted by Gasteiger charge is -2.16. The number of H-pyrrole nitrogens is 1. The van der Waals surface area contributed by atoms with Crippen LogP contribution in [0.4, 0.5) is 5.13 Å². The van der Waals surface area contributed by atoms with Crippen molar-refractivity contribution in [3.05, 3.63) is 40.5 Å². The first-order chi connectivity index (χ1) is 11.6. The zero-order valence-electron chi connectivity index (χ0n) is 13.2. The molecule has 1 aliphatic heterocycles. The van der Waals surface area contributed by atoms with Crippen LogP contribution in [0.5, 0.6) is 5.75 Å². The average Bonchev–Trinajstić information content (AvgIpc) is 3.21. The van der Waals surface area contributed by atoms with Crippen molar-refractivity contribution in [2.45, 2.75) is 26.4 Å². The summed E-state index contributed by atoms with van der Waals surface area (Å²) in [7, 11) is 0. The van der Waals surface area contributed by atoms with Crippen LogP contribution in [0.25, 0.3) is 11.3 Å². The Bertz CT molecular complexity index is 915. The van der Waals surface area contributed by atoms with Crippen LogP contribution in [0, 0.1) is 0 Å². The summed E-state index contributed by atoms with van der Waals surface area (Å²) in [5.41, 5.74) is 2.77. The van der Waals surface area contributed by atoms with Crippen molar-refractivity contribution < 1.29 is 9.53 Å². The smallest absolute Gasteiger partial charge is 0.275 e. The summed E-state index contributed by atoms with van der Waals surface area (Å²) in [4.78, 5) is 12.5. The molecule has 0 fully saturated rings. The van der Waals surface area contributed by atoms with E-state index in [1.165, 1.54) is 11.3 Å². The summed E-state index contributed by atoms with van der Waals surface area (Å²) in [5, 5.41) is 19.3. The number of hydrogen-bond acceptors (Lipinski definition) is 6. The van der Waals surface area contributed by atoms with Gasteiger partial charge in [0.25, 0.3) is 5.91 Å². The molecule has 2 aromatic heterocycles. The maximum absolute atomic E-state index is 12.5. The third kappa shape index (κ3) is 2.44. The van der Waals surface area contributed by atoms with Gasteiger partial charge in [-0.2, -0.15) is 5.10 Å². The molecule has 0 aliphatic carbocycles. The van der Waals surface area contributed by atoms with Gasteiger partial charge in [-0.15, -0.1) is 10.2 Å². The molecule has 8 heteroatoms. The van der Waals surface area contributed by atoms with Gasteiger partial charge in [0.2, 0.25) is 5.13 Å². The zero-order chi connectivity index (χ0) is 16.7. The predicted octanol–water partition coefficient (Wildman–Crippen LogP) is 3.20. The molecular weight excluding hydrogens is 326 g/mol. The number of nitrogens with zero attached hydrogens (tertiary/aromatic N) is 3. The Morgan fingerprint density at radius 3 is 2.96 bits per heavy atom. The van der Waals surface area contributed by atoms with Crippen LogP contribution in [0.1, 0.15) is 40.8 Å². The van der Waals surface area contributed by atoms with E-state index in [0.717, 1.165) is 27.6 Å². The maximum atomic E-state index is 12.5. The molecule has 2 N–H and O–H groups in total. The Morgan fingerprint density at radius 2 is 2.17 bits per heavy atom. The summed E-state index contributed by atoms with van der Waals surface area (Å²) in [5.74, 6) is 0.755. The fraction of sp³-hybridized carbons (Fsp3) is 0.250. The van der Waals surface area contributed by atoms with Crippen molar-refractivity contribution in [2.75, 3.05) is 5.32 Å². The summed E-state index contributed by atoms with van der Waals surface area (Å²) >= 11 is 1.37. The van der Waals surface area contributed by atoms with E-state index >= 15 is 0 Å². The average molecular weight is 341 g/mol. The number of rotatable bonds is 3. The standard InChI is InChI=1S/C16H15N5O2S/c1-8(2)15-20-21-16(24-15)17-14(22)13-10-7-23-11-6-4-3-5-9(11)12(10)18-19-13/h3-6,8H,7H2,1-2H3,(H,18,19)(H,17,21,22). The number of nitrogens with one attached hydrogen (secondary N) is 2. The van der Waals surface area contributed by atoms with Gasteiger partial charge >= 0.3 is 0 Å². The fourth-order valence-electron chi connectivity index (χ4n) is 2.53. The lowest BCUT2D eigenvalue weighted by atomic mass is 10.0. The molecule has 1 aromatic carbocycles. The first-order valence-corrected chi connectivity index (χ1v) is 8.39. The highest BCUT2D eigenvalue weighted by atomic mass is 32.1. The minimum Gasteiger partial charge on any atom is -0.488 e. The SMILES string of the molecule is CC(C)c1nnc(NC(=O)c2[nH]nc3c2COc2ccccc2-3)s1. The molecule has 0 radical (unpaired) electrons. The molecule has 7 nitrogen and oxygen atoms in total. The van der Waals surface area contributed by atoms with Crippen LogP contribution in [0.15, 0.2) is 24.3 Å². The van der Waals surface area contributed by atoms with Crippen LogP contribution in [0.3, 0.4) is 0 Å². The molecule has 0 bridgehead atoms. The number of amides is 1. The summed E-state index contributed by atoms with van der Waals surface area (Å²) < 4.78 is 5.72. The van der Waals surface area contributed by atoms with Gasteiger partial charge < -0.3 is 4.74 Å². The number of anilines is 1. The number of fused-ring (bicyclic) bond motifs is 3. The van der Waals surface area contributed by atoms with Crippen LogP contribution in [-0.2, 0) is 6.61 Å². The number of aromatic nitrogens is 4. The molecule has 1 amide bonds. The fourth-order valence-corrected chi connectivity index (χ4v) is 3.27.